The number of halogens is 2. The number of carbonyl (C=O) groups is 1. The molecule has 2 aromatic heterocycles. The maximum absolute atomic E-state index is 11.9. The van der Waals surface area contributed by atoms with Crippen LogP contribution in [0.1, 0.15) is 11.5 Å². The van der Waals surface area contributed by atoms with E-state index in [1.165, 1.54) is 0 Å². The average Bonchev–Trinajstić information content (AvgIpc) is 2.98. The minimum atomic E-state index is -0.0284. The van der Waals surface area contributed by atoms with E-state index in [0.29, 0.717) is 35.6 Å². The van der Waals surface area contributed by atoms with E-state index in [9.17, 15) is 4.79 Å². The van der Waals surface area contributed by atoms with Gasteiger partial charge in [0.2, 0.25) is 5.91 Å². The Morgan fingerprint density at radius 2 is 2.23 bits per heavy atom. The molecule has 0 aliphatic carbocycles. The molecule has 3 rings (SSSR count). The third kappa shape index (κ3) is 4.25. The Morgan fingerprint density at radius 3 is 2.82 bits per heavy atom. The molecule has 1 saturated heterocycles. The van der Waals surface area contributed by atoms with Crippen LogP contribution in [-0.2, 0) is 11.2 Å². The summed E-state index contributed by atoms with van der Waals surface area (Å²) in [4.78, 5) is 16.2. The maximum atomic E-state index is 11.9. The second-order valence-corrected chi connectivity index (χ2v) is 5.00. The molecule has 8 heteroatoms. The lowest BCUT2D eigenvalue weighted by atomic mass is 10.0. The van der Waals surface area contributed by atoms with Crippen LogP contribution in [0.25, 0.3) is 11.7 Å². The molecule has 0 spiro atoms. The van der Waals surface area contributed by atoms with Gasteiger partial charge in [0, 0.05) is 25.6 Å². The summed E-state index contributed by atoms with van der Waals surface area (Å²) in [6.45, 7) is 4.48. The van der Waals surface area contributed by atoms with E-state index in [1.54, 1.807) is 25.3 Å². The van der Waals surface area contributed by atoms with Gasteiger partial charge < -0.3 is 19.5 Å². The fraction of sp³-hybridized carbons (Fsp3) is 0.429. The van der Waals surface area contributed by atoms with Crippen LogP contribution < -0.4 is 10.6 Å². The molecule has 22 heavy (non-hydrogen) atoms. The van der Waals surface area contributed by atoms with E-state index in [2.05, 4.69) is 15.6 Å². The molecule has 0 radical (unpaired) electrons. The standard InChI is InChI=1S/C14H17N3O3.2ClH/c1-9-11(5-13(18)16-8-10-6-15-7-10)17-14(20-9)12-3-2-4-19-12;;/h2-4,10,15H,5-8H2,1H3,(H,16,18);2*1H. The van der Waals surface area contributed by atoms with E-state index in [-0.39, 0.29) is 37.1 Å². The number of hydrogen-bond donors (Lipinski definition) is 2. The third-order valence-corrected chi connectivity index (χ3v) is 3.41. The van der Waals surface area contributed by atoms with Crippen LogP contribution in [0.2, 0.25) is 0 Å². The van der Waals surface area contributed by atoms with Crippen LogP contribution in [0.4, 0.5) is 0 Å². The zero-order valence-corrected chi connectivity index (χ0v) is 13.8. The molecule has 0 saturated carbocycles. The molecule has 0 unspecified atom stereocenters. The number of rotatable bonds is 5. The number of aromatic nitrogens is 1. The number of aryl methyl sites for hydroxylation is 1. The molecule has 1 aliphatic heterocycles. The van der Waals surface area contributed by atoms with Crippen molar-refractivity contribution in [2.45, 2.75) is 13.3 Å². The van der Waals surface area contributed by atoms with Crippen LogP contribution in [-0.4, -0.2) is 30.5 Å². The van der Waals surface area contributed by atoms with Crippen molar-refractivity contribution in [3.05, 3.63) is 29.9 Å². The van der Waals surface area contributed by atoms with Gasteiger partial charge in [-0.05, 0) is 19.1 Å². The molecule has 0 bridgehead atoms. The van der Waals surface area contributed by atoms with E-state index >= 15 is 0 Å². The molecule has 6 nitrogen and oxygen atoms in total. The van der Waals surface area contributed by atoms with Gasteiger partial charge in [-0.15, -0.1) is 24.8 Å². The first-order valence-electron chi connectivity index (χ1n) is 6.70. The first-order chi connectivity index (χ1) is 9.72. The molecule has 0 atom stereocenters. The molecular weight excluding hydrogens is 329 g/mol. The lowest BCUT2D eigenvalue weighted by Crippen LogP contribution is -2.48. The largest absolute Gasteiger partial charge is 0.459 e. The molecule has 2 aromatic rings. The maximum Gasteiger partial charge on any atom is 0.263 e. The molecule has 1 amide bonds. The number of hydrogen-bond acceptors (Lipinski definition) is 5. The lowest BCUT2D eigenvalue weighted by molar-refractivity contribution is -0.120. The summed E-state index contributed by atoms with van der Waals surface area (Å²) in [6.07, 6.45) is 1.80. The van der Waals surface area contributed by atoms with Gasteiger partial charge in [0.15, 0.2) is 5.76 Å². The topological polar surface area (TPSA) is 80.3 Å². The third-order valence-electron chi connectivity index (χ3n) is 3.41. The van der Waals surface area contributed by atoms with Gasteiger partial charge in [-0.3, -0.25) is 4.79 Å². The minimum absolute atomic E-state index is 0. The zero-order valence-electron chi connectivity index (χ0n) is 12.1. The van der Waals surface area contributed by atoms with Gasteiger partial charge in [-0.25, -0.2) is 4.98 Å². The Labute approximate surface area is 140 Å². The van der Waals surface area contributed by atoms with Gasteiger partial charge in [0.25, 0.3) is 5.89 Å². The van der Waals surface area contributed by atoms with E-state index in [1.807, 2.05) is 0 Å². The summed E-state index contributed by atoms with van der Waals surface area (Å²) < 4.78 is 10.8. The summed E-state index contributed by atoms with van der Waals surface area (Å²) in [5.41, 5.74) is 0.653. The van der Waals surface area contributed by atoms with E-state index < -0.39 is 0 Å². The molecule has 1 fully saturated rings. The Kier molecular flexibility index (Phi) is 6.93. The molecule has 122 valence electrons. The fourth-order valence-electron chi connectivity index (χ4n) is 2.06. The van der Waals surface area contributed by atoms with Gasteiger partial charge in [0.05, 0.1) is 18.4 Å². The minimum Gasteiger partial charge on any atom is -0.459 e. The van der Waals surface area contributed by atoms with Crippen LogP contribution in [0.3, 0.4) is 0 Å². The molecular formula is C14H19Cl2N3O3. The van der Waals surface area contributed by atoms with Crippen molar-refractivity contribution < 1.29 is 13.6 Å². The van der Waals surface area contributed by atoms with Crippen LogP contribution in [0.15, 0.2) is 27.2 Å². The quantitative estimate of drug-likeness (QED) is 0.864. The SMILES string of the molecule is Cc1oc(-c2ccco2)nc1CC(=O)NCC1CNC1.Cl.Cl. The Balaban J connectivity index is 0.00000121. The first kappa shape index (κ1) is 18.5. The normalized spacial score (nSPS) is 13.7. The lowest BCUT2D eigenvalue weighted by Gasteiger charge is -2.26. The Morgan fingerprint density at radius 1 is 1.45 bits per heavy atom. The van der Waals surface area contributed by atoms with Crippen molar-refractivity contribution in [1.82, 2.24) is 15.6 Å². The van der Waals surface area contributed by atoms with E-state index in [4.69, 9.17) is 8.83 Å². The number of furan rings is 1. The van der Waals surface area contributed by atoms with Crippen molar-refractivity contribution in [2.24, 2.45) is 5.92 Å². The summed E-state index contributed by atoms with van der Waals surface area (Å²) in [5, 5.41) is 6.09. The van der Waals surface area contributed by atoms with Crippen molar-refractivity contribution in [3.8, 4) is 11.7 Å². The predicted octanol–water partition coefficient (Wildman–Crippen LogP) is 1.96. The number of nitrogens with one attached hydrogen (secondary N) is 2. The van der Waals surface area contributed by atoms with Crippen molar-refractivity contribution in [3.63, 3.8) is 0 Å². The van der Waals surface area contributed by atoms with Gasteiger partial charge in [-0.1, -0.05) is 0 Å². The highest BCUT2D eigenvalue weighted by atomic mass is 35.5. The Hall–Kier alpha value is -1.50. The number of carbonyl (C=O) groups excluding carboxylic acids is 1. The van der Waals surface area contributed by atoms with Crippen molar-refractivity contribution in [2.75, 3.05) is 19.6 Å². The highest BCUT2D eigenvalue weighted by molar-refractivity contribution is 5.85. The van der Waals surface area contributed by atoms with Gasteiger partial charge in [-0.2, -0.15) is 0 Å². The number of oxazole rings is 1. The molecule has 1 aliphatic rings. The van der Waals surface area contributed by atoms with Crippen molar-refractivity contribution >= 4 is 30.7 Å². The fourth-order valence-corrected chi connectivity index (χ4v) is 2.06. The molecule has 0 aromatic carbocycles. The highest BCUT2D eigenvalue weighted by Gasteiger charge is 2.19. The van der Waals surface area contributed by atoms with Crippen molar-refractivity contribution in [1.29, 1.82) is 0 Å². The van der Waals surface area contributed by atoms with Crippen LogP contribution in [0.5, 0.6) is 0 Å². The second-order valence-electron chi connectivity index (χ2n) is 5.00. The highest BCUT2D eigenvalue weighted by Crippen LogP contribution is 2.22. The average molecular weight is 348 g/mol. The number of nitrogens with zero attached hydrogens (tertiary/aromatic N) is 1. The first-order valence-corrected chi connectivity index (χ1v) is 6.70. The number of amides is 1. The Bertz CT molecular complexity index is 595. The van der Waals surface area contributed by atoms with Gasteiger partial charge in [0.1, 0.15) is 5.76 Å². The molecule has 2 N–H and O–H groups in total. The van der Waals surface area contributed by atoms with E-state index in [0.717, 1.165) is 13.1 Å². The van der Waals surface area contributed by atoms with Crippen LogP contribution in [0, 0.1) is 12.8 Å². The second kappa shape index (κ2) is 8.22. The monoisotopic (exact) mass is 347 g/mol. The smallest absolute Gasteiger partial charge is 0.263 e. The summed E-state index contributed by atoms with van der Waals surface area (Å²) in [5.74, 6) is 2.16. The van der Waals surface area contributed by atoms with Gasteiger partial charge >= 0.3 is 0 Å². The summed E-state index contributed by atoms with van der Waals surface area (Å²) >= 11 is 0. The molecule has 3 heterocycles. The summed E-state index contributed by atoms with van der Waals surface area (Å²) in [6, 6.07) is 3.55. The predicted molar refractivity (Wildman–Crippen MR) is 86.5 cm³/mol. The summed E-state index contributed by atoms with van der Waals surface area (Å²) in [7, 11) is 0. The van der Waals surface area contributed by atoms with Crippen LogP contribution >= 0.6 is 24.8 Å². The zero-order chi connectivity index (χ0) is 13.9.